The van der Waals surface area contributed by atoms with Gasteiger partial charge in [0.05, 0.1) is 11.3 Å². The largest absolute Gasteiger partial charge is 0.344 e. The maximum Gasteiger partial charge on any atom is 0.251 e. The lowest BCUT2D eigenvalue weighted by atomic mass is 9.93. The van der Waals surface area contributed by atoms with Crippen LogP contribution in [0, 0.1) is 11.3 Å². The van der Waals surface area contributed by atoms with Crippen LogP contribution in [-0.4, -0.2) is 41.3 Å². The van der Waals surface area contributed by atoms with Crippen molar-refractivity contribution in [3.05, 3.63) is 52.7 Å². The second kappa shape index (κ2) is 7.43. The molecule has 0 saturated carbocycles. The smallest absolute Gasteiger partial charge is 0.251 e. The molecule has 1 aromatic heterocycles. The van der Waals surface area contributed by atoms with E-state index in [0.29, 0.717) is 29.8 Å². The van der Waals surface area contributed by atoms with Gasteiger partial charge < -0.3 is 10.2 Å². The van der Waals surface area contributed by atoms with Crippen LogP contribution < -0.4 is 5.32 Å². The van der Waals surface area contributed by atoms with Crippen molar-refractivity contribution in [3.8, 4) is 17.3 Å². The molecule has 2 aliphatic rings. The first kappa shape index (κ1) is 18.2. The number of pyridine rings is 1. The van der Waals surface area contributed by atoms with E-state index in [4.69, 9.17) is 4.98 Å². The maximum absolute atomic E-state index is 12.7. The Labute approximate surface area is 164 Å². The number of likely N-dealkylation sites (tertiary alicyclic amines) is 1. The summed E-state index contributed by atoms with van der Waals surface area (Å²) in [5.41, 5.74) is 4.56. The van der Waals surface area contributed by atoms with Crippen LogP contribution in [-0.2, 0) is 17.6 Å². The number of aryl methyl sites for hydroxylation is 2. The van der Waals surface area contributed by atoms with Gasteiger partial charge in [-0.2, -0.15) is 5.26 Å². The quantitative estimate of drug-likeness (QED) is 0.894. The number of aromatic nitrogens is 1. The second-order valence-electron chi connectivity index (χ2n) is 7.46. The van der Waals surface area contributed by atoms with E-state index in [0.717, 1.165) is 42.5 Å². The van der Waals surface area contributed by atoms with E-state index in [1.165, 1.54) is 0 Å². The van der Waals surface area contributed by atoms with E-state index in [1.807, 2.05) is 12.1 Å². The zero-order valence-corrected chi connectivity index (χ0v) is 15.9. The summed E-state index contributed by atoms with van der Waals surface area (Å²) in [7, 11) is 1.74. The number of carbonyl (C=O) groups excluding carboxylic acids is 2. The summed E-state index contributed by atoms with van der Waals surface area (Å²) in [6.07, 6.45) is 4.74. The first-order valence-corrected chi connectivity index (χ1v) is 9.66. The Morgan fingerprint density at radius 2 is 2.11 bits per heavy atom. The van der Waals surface area contributed by atoms with Crippen molar-refractivity contribution >= 4 is 11.8 Å². The summed E-state index contributed by atoms with van der Waals surface area (Å²) in [5.74, 6) is -0.348. The number of fused-ring (bicyclic) bond motifs is 1. The highest BCUT2D eigenvalue weighted by Crippen LogP contribution is 2.28. The molecule has 0 radical (unpaired) electrons. The zero-order valence-electron chi connectivity index (χ0n) is 15.9. The number of likely N-dealkylation sites (N-methyl/N-ethyl adjacent to an activating group) is 1. The molecular weight excluding hydrogens is 352 g/mol. The average Bonchev–Trinajstić information content (AvgIpc) is 3.05. The van der Waals surface area contributed by atoms with Gasteiger partial charge in [-0.05, 0) is 55.9 Å². The molecule has 28 heavy (non-hydrogen) atoms. The number of hydrogen-bond donors (Lipinski definition) is 1. The number of nitriles is 1. The van der Waals surface area contributed by atoms with Crippen LogP contribution in [0.2, 0.25) is 0 Å². The Morgan fingerprint density at radius 3 is 2.86 bits per heavy atom. The van der Waals surface area contributed by atoms with Gasteiger partial charge in [0.2, 0.25) is 5.91 Å². The fourth-order valence-corrected chi connectivity index (χ4v) is 3.94. The molecule has 1 aliphatic carbocycles. The molecule has 2 amide bonds. The minimum Gasteiger partial charge on any atom is -0.344 e. The third kappa shape index (κ3) is 3.36. The van der Waals surface area contributed by atoms with Crippen molar-refractivity contribution < 1.29 is 9.59 Å². The molecule has 1 fully saturated rings. The van der Waals surface area contributed by atoms with Crippen LogP contribution in [0.3, 0.4) is 0 Å². The summed E-state index contributed by atoms with van der Waals surface area (Å²) in [5, 5.41) is 12.4. The lowest BCUT2D eigenvalue weighted by Crippen LogP contribution is -2.40. The normalized spacial score (nSPS) is 18.5. The fraction of sp³-hybridized carbons (Fsp3) is 0.364. The Bertz CT molecular complexity index is 993. The highest BCUT2D eigenvalue weighted by atomic mass is 16.2. The minimum atomic E-state index is -0.474. The van der Waals surface area contributed by atoms with Crippen LogP contribution >= 0.6 is 0 Å². The van der Waals surface area contributed by atoms with Crippen LogP contribution in [0.15, 0.2) is 30.3 Å². The Morgan fingerprint density at radius 1 is 1.29 bits per heavy atom. The number of benzene rings is 1. The average molecular weight is 374 g/mol. The third-order valence-electron chi connectivity index (χ3n) is 5.55. The lowest BCUT2D eigenvalue weighted by Gasteiger charge is -2.17. The molecule has 1 aromatic carbocycles. The molecule has 4 rings (SSSR count). The van der Waals surface area contributed by atoms with Gasteiger partial charge in [0.1, 0.15) is 12.1 Å². The number of amides is 2. The van der Waals surface area contributed by atoms with Gasteiger partial charge in [0, 0.05) is 30.4 Å². The van der Waals surface area contributed by atoms with Gasteiger partial charge in [-0.1, -0.05) is 12.1 Å². The zero-order chi connectivity index (χ0) is 19.7. The highest BCUT2D eigenvalue weighted by molar-refractivity contribution is 5.98. The van der Waals surface area contributed by atoms with Crippen molar-refractivity contribution in [1.82, 2.24) is 15.2 Å². The molecule has 0 unspecified atom stereocenters. The SMILES string of the molecule is CN1CC[C@@H](NC(=O)c2cccc(-c3nc4c(cc3C#N)CCCC4)c2)C1=O. The predicted molar refractivity (Wildman–Crippen MR) is 105 cm³/mol. The second-order valence-corrected chi connectivity index (χ2v) is 7.46. The molecule has 0 bridgehead atoms. The van der Waals surface area contributed by atoms with E-state index in [9.17, 15) is 14.9 Å². The number of rotatable bonds is 3. The first-order chi connectivity index (χ1) is 13.6. The molecule has 142 valence electrons. The van der Waals surface area contributed by atoms with Gasteiger partial charge in [-0.3, -0.25) is 14.6 Å². The molecule has 2 heterocycles. The monoisotopic (exact) mass is 374 g/mol. The summed E-state index contributed by atoms with van der Waals surface area (Å²) >= 11 is 0. The van der Waals surface area contributed by atoms with E-state index >= 15 is 0 Å². The number of carbonyl (C=O) groups is 2. The van der Waals surface area contributed by atoms with E-state index in [2.05, 4.69) is 11.4 Å². The summed E-state index contributed by atoms with van der Waals surface area (Å²) in [4.78, 5) is 31.1. The molecular formula is C22H22N4O2. The Kier molecular flexibility index (Phi) is 4.82. The molecule has 1 atom stereocenters. The maximum atomic E-state index is 12.7. The van der Waals surface area contributed by atoms with Crippen molar-refractivity contribution in [2.45, 2.75) is 38.1 Å². The number of hydrogen-bond acceptors (Lipinski definition) is 4. The van der Waals surface area contributed by atoms with Crippen LogP contribution in [0.5, 0.6) is 0 Å². The van der Waals surface area contributed by atoms with Gasteiger partial charge in [0.15, 0.2) is 0 Å². The predicted octanol–water partition coefficient (Wildman–Crippen LogP) is 2.46. The van der Waals surface area contributed by atoms with Crippen LogP contribution in [0.25, 0.3) is 11.3 Å². The van der Waals surface area contributed by atoms with E-state index < -0.39 is 6.04 Å². The lowest BCUT2D eigenvalue weighted by molar-refractivity contribution is -0.128. The molecule has 1 N–H and O–H groups in total. The van der Waals surface area contributed by atoms with E-state index in [-0.39, 0.29) is 11.8 Å². The fourth-order valence-electron chi connectivity index (χ4n) is 3.94. The van der Waals surface area contributed by atoms with Crippen LogP contribution in [0.4, 0.5) is 0 Å². The van der Waals surface area contributed by atoms with Crippen molar-refractivity contribution in [3.63, 3.8) is 0 Å². The Balaban J connectivity index is 1.63. The third-order valence-corrected chi connectivity index (χ3v) is 5.55. The topological polar surface area (TPSA) is 86.1 Å². The van der Waals surface area contributed by atoms with Gasteiger partial charge in [0.25, 0.3) is 5.91 Å². The minimum absolute atomic E-state index is 0.0624. The molecule has 1 aliphatic heterocycles. The summed E-state index contributed by atoms with van der Waals surface area (Å²) in [6.45, 7) is 0.647. The standard InChI is InChI=1S/C22H22N4O2/c1-26-10-9-19(22(26)28)25-21(27)16-7-4-6-15(12-16)20-17(13-23)11-14-5-2-3-8-18(14)24-20/h4,6-7,11-12,19H,2-3,5,8-10H2,1H3,(H,25,27)/t19-/m1/s1. The van der Waals surface area contributed by atoms with Crippen molar-refractivity contribution in [1.29, 1.82) is 5.26 Å². The highest BCUT2D eigenvalue weighted by Gasteiger charge is 2.30. The number of nitrogens with zero attached hydrogens (tertiary/aromatic N) is 3. The molecule has 2 aromatic rings. The van der Waals surface area contributed by atoms with Crippen molar-refractivity contribution in [2.24, 2.45) is 0 Å². The van der Waals surface area contributed by atoms with E-state index in [1.54, 1.807) is 30.1 Å². The molecule has 6 heteroatoms. The van der Waals surface area contributed by atoms with Crippen molar-refractivity contribution in [2.75, 3.05) is 13.6 Å². The van der Waals surface area contributed by atoms with Gasteiger partial charge in [-0.15, -0.1) is 0 Å². The molecule has 0 spiro atoms. The van der Waals surface area contributed by atoms with Crippen LogP contribution in [0.1, 0.15) is 46.4 Å². The summed E-state index contributed by atoms with van der Waals surface area (Å²) < 4.78 is 0. The molecule has 6 nitrogen and oxygen atoms in total. The molecule has 1 saturated heterocycles. The van der Waals surface area contributed by atoms with Gasteiger partial charge >= 0.3 is 0 Å². The van der Waals surface area contributed by atoms with Gasteiger partial charge in [-0.25, -0.2) is 0 Å². The first-order valence-electron chi connectivity index (χ1n) is 9.66. The number of nitrogens with one attached hydrogen (secondary N) is 1. The summed E-state index contributed by atoms with van der Waals surface area (Å²) in [6, 6.07) is 10.8. The Hall–Kier alpha value is -3.20.